The van der Waals surface area contributed by atoms with Crippen LogP contribution in [0.4, 0.5) is 79.0 Å². The van der Waals surface area contributed by atoms with Crippen molar-refractivity contribution in [1.82, 2.24) is 0 Å². The molecule has 1 atom stereocenters. The minimum Gasteiger partial charge on any atom is -0.465 e. The van der Waals surface area contributed by atoms with Crippen LogP contribution in [0, 0.1) is 0 Å². The Morgan fingerprint density at radius 1 is 0.538 bits per heavy atom. The van der Waals surface area contributed by atoms with E-state index in [9.17, 15) is 88.6 Å². The number of esters is 2. The van der Waals surface area contributed by atoms with Crippen LogP contribution >= 0.6 is 0 Å². The number of carbonyl (C=O) groups excluding carboxylic acids is 2. The van der Waals surface area contributed by atoms with Crippen LogP contribution < -0.4 is 5.73 Å². The number of ether oxygens (including phenoxy) is 2. The van der Waals surface area contributed by atoms with E-state index in [1.54, 1.807) is 0 Å². The lowest BCUT2D eigenvalue weighted by Gasteiger charge is -2.33. The van der Waals surface area contributed by atoms with Gasteiger partial charge in [0.1, 0.15) is 6.04 Å². The second-order valence-electron chi connectivity index (χ2n) is 7.40. The fourth-order valence-electron chi connectivity index (χ4n) is 2.13. The van der Waals surface area contributed by atoms with E-state index in [1.807, 2.05) is 0 Å². The van der Waals surface area contributed by atoms with Crippen molar-refractivity contribution in [2.24, 2.45) is 5.73 Å². The Bertz CT molecular complexity index is 866. The van der Waals surface area contributed by atoms with Crippen molar-refractivity contribution in [2.45, 2.75) is 73.2 Å². The third-order valence-corrected chi connectivity index (χ3v) is 4.45. The van der Waals surface area contributed by atoms with Crippen molar-refractivity contribution in [1.29, 1.82) is 0 Å². The minimum absolute atomic E-state index is 1.54. The second kappa shape index (κ2) is 11.3. The molecule has 23 heteroatoms. The molecular weight excluding hydrogens is 612 g/mol. The molecule has 0 saturated carbocycles. The highest BCUT2D eigenvalue weighted by Gasteiger charge is 2.82. The summed E-state index contributed by atoms with van der Waals surface area (Å²) in [6.07, 6.45) is -21.1. The van der Waals surface area contributed by atoms with Gasteiger partial charge < -0.3 is 15.2 Å². The molecule has 0 saturated heterocycles. The first-order valence-corrected chi connectivity index (χ1v) is 9.39. The summed E-state index contributed by atoms with van der Waals surface area (Å²) in [4.78, 5) is 22.8. The van der Waals surface area contributed by atoms with Crippen LogP contribution in [0.15, 0.2) is 0 Å². The maximum atomic E-state index is 13.3. The number of hydrogen-bond donors (Lipinski definition) is 1. The average Bonchev–Trinajstić information content (AvgIpc) is 2.70. The van der Waals surface area contributed by atoms with Crippen molar-refractivity contribution < 1.29 is 98.1 Å². The fraction of sp³-hybridized carbons (Fsp3) is 0.875. The molecule has 0 fully saturated rings. The number of nitrogens with two attached hydrogens (primary N) is 1. The van der Waals surface area contributed by atoms with Crippen molar-refractivity contribution in [3.05, 3.63) is 0 Å². The van der Waals surface area contributed by atoms with Crippen LogP contribution in [-0.2, 0) is 19.1 Å². The van der Waals surface area contributed by atoms with Crippen molar-refractivity contribution in [3.63, 3.8) is 0 Å². The van der Waals surface area contributed by atoms with Crippen molar-refractivity contribution in [2.75, 3.05) is 13.2 Å². The molecule has 0 spiro atoms. The maximum absolute atomic E-state index is 13.3. The predicted molar refractivity (Wildman–Crippen MR) is 85.5 cm³/mol. The summed E-state index contributed by atoms with van der Waals surface area (Å²) >= 11 is 0. The van der Waals surface area contributed by atoms with Gasteiger partial charge in [-0.2, -0.15) is 79.0 Å². The first-order chi connectivity index (χ1) is 16.9. The number of rotatable bonds is 13. The Kier molecular flexibility index (Phi) is 10.6. The van der Waals surface area contributed by atoms with Crippen LogP contribution in [0.5, 0.6) is 0 Å². The molecule has 0 bridgehead atoms. The molecule has 0 heterocycles. The van der Waals surface area contributed by atoms with E-state index >= 15 is 0 Å². The van der Waals surface area contributed by atoms with Gasteiger partial charge in [0.05, 0.1) is 32.5 Å². The van der Waals surface area contributed by atoms with Gasteiger partial charge in [-0.1, -0.05) is 0 Å². The van der Waals surface area contributed by atoms with Gasteiger partial charge >= 0.3 is 59.8 Å². The first kappa shape index (κ1) is 36.6. The van der Waals surface area contributed by atoms with Crippen LogP contribution in [-0.4, -0.2) is 79.1 Å². The molecule has 0 aliphatic rings. The van der Waals surface area contributed by atoms with Gasteiger partial charge in [-0.05, 0) is 0 Å². The van der Waals surface area contributed by atoms with Gasteiger partial charge in [0.25, 0.3) is 0 Å². The topological polar surface area (TPSA) is 78.6 Å². The first-order valence-electron chi connectivity index (χ1n) is 9.39. The zero-order chi connectivity index (χ0) is 31.7. The minimum atomic E-state index is -7.24. The molecule has 232 valence electrons. The zero-order valence-corrected chi connectivity index (χ0v) is 18.1. The number of halogens is 18. The van der Waals surface area contributed by atoms with Gasteiger partial charge in [0.15, 0.2) is 0 Å². The highest BCUT2D eigenvalue weighted by atomic mass is 19.4. The molecule has 0 aliphatic carbocycles. The molecule has 1 unspecified atom stereocenters. The van der Waals surface area contributed by atoms with Crippen LogP contribution in [0.25, 0.3) is 0 Å². The average molecular weight is 625 g/mol. The smallest absolute Gasteiger partial charge is 0.460 e. The summed E-state index contributed by atoms with van der Waals surface area (Å²) in [6.45, 7) is -3.99. The molecule has 39 heavy (non-hydrogen) atoms. The third-order valence-electron chi connectivity index (χ3n) is 4.45. The quantitative estimate of drug-likeness (QED) is 0.216. The predicted octanol–water partition coefficient (Wildman–Crippen LogP) is 5.51. The molecule has 5 nitrogen and oxygen atoms in total. The standard InChI is InChI=1S/C16H13F18NO4/c17-9(18,11(21,22)13(25,26)15(29,30)31)1-3-38-7(36)5-6(35)8(37)39-4-2-10(19,20)12(23,24)14(27,28)16(32,33)34/h6H,1-5,35H2. The number of alkyl halides is 18. The lowest BCUT2D eigenvalue weighted by molar-refractivity contribution is -0.397. The van der Waals surface area contributed by atoms with Gasteiger partial charge in [0, 0.05) is 0 Å². The monoisotopic (exact) mass is 625 g/mol. The lowest BCUT2D eigenvalue weighted by Crippen LogP contribution is -2.61. The Hall–Kier alpha value is -2.36. The molecule has 0 aromatic heterocycles. The highest BCUT2D eigenvalue weighted by Crippen LogP contribution is 2.55. The highest BCUT2D eigenvalue weighted by molar-refractivity contribution is 5.82. The Morgan fingerprint density at radius 2 is 0.846 bits per heavy atom. The van der Waals surface area contributed by atoms with Crippen molar-refractivity contribution in [3.8, 4) is 0 Å². The molecule has 0 amide bonds. The number of hydrogen-bond acceptors (Lipinski definition) is 5. The summed E-state index contributed by atoms with van der Waals surface area (Å²) in [6, 6.07) is -2.39. The third kappa shape index (κ3) is 7.44. The normalized spacial score (nSPS) is 15.7. The molecular formula is C16H13F18NO4. The molecule has 0 aromatic rings. The summed E-state index contributed by atoms with van der Waals surface area (Å²) in [5, 5.41) is 0. The Morgan fingerprint density at radius 3 is 1.15 bits per heavy atom. The zero-order valence-electron chi connectivity index (χ0n) is 18.1. The van der Waals surface area contributed by atoms with Gasteiger partial charge in [-0.25, -0.2) is 0 Å². The van der Waals surface area contributed by atoms with E-state index in [0.717, 1.165) is 0 Å². The fourth-order valence-corrected chi connectivity index (χ4v) is 2.13. The maximum Gasteiger partial charge on any atom is 0.460 e. The summed E-state index contributed by atoms with van der Waals surface area (Å²) < 4.78 is 236. The molecule has 2 N–H and O–H groups in total. The van der Waals surface area contributed by atoms with Gasteiger partial charge in [-0.3, -0.25) is 9.59 Å². The van der Waals surface area contributed by atoms with E-state index in [4.69, 9.17) is 5.73 Å². The summed E-state index contributed by atoms with van der Waals surface area (Å²) in [5.74, 6) is -44.8. The lowest BCUT2D eigenvalue weighted by atomic mass is 10.0. The molecule has 0 rings (SSSR count). The van der Waals surface area contributed by atoms with Crippen molar-refractivity contribution >= 4 is 11.9 Å². The summed E-state index contributed by atoms with van der Waals surface area (Å²) in [5.41, 5.74) is 4.94. The van der Waals surface area contributed by atoms with Crippen LogP contribution in [0.1, 0.15) is 19.3 Å². The Balaban J connectivity index is 4.95. The van der Waals surface area contributed by atoms with E-state index in [-0.39, 0.29) is 0 Å². The van der Waals surface area contributed by atoms with E-state index in [2.05, 4.69) is 9.47 Å². The number of carbonyl (C=O) groups is 2. The second-order valence-corrected chi connectivity index (χ2v) is 7.40. The van der Waals surface area contributed by atoms with Crippen LogP contribution in [0.3, 0.4) is 0 Å². The van der Waals surface area contributed by atoms with E-state index in [1.165, 1.54) is 0 Å². The Labute approximate surface area is 203 Å². The molecule has 0 aromatic carbocycles. The SMILES string of the molecule is NC(CC(=O)OCCC(F)(F)C(F)(F)C(F)(F)C(F)(F)F)C(=O)OCCC(F)(F)C(F)(F)C(F)(F)C(F)(F)F. The largest absolute Gasteiger partial charge is 0.465 e. The molecule has 0 aliphatic heterocycles. The molecule has 0 radical (unpaired) electrons. The van der Waals surface area contributed by atoms with Crippen LogP contribution in [0.2, 0.25) is 0 Å². The van der Waals surface area contributed by atoms with Gasteiger partial charge in [-0.15, -0.1) is 0 Å². The van der Waals surface area contributed by atoms with E-state index in [0.29, 0.717) is 0 Å². The van der Waals surface area contributed by atoms with E-state index < -0.39 is 98.3 Å². The van der Waals surface area contributed by atoms with Gasteiger partial charge in [0.2, 0.25) is 0 Å². The summed E-state index contributed by atoms with van der Waals surface area (Å²) in [7, 11) is 0.